The number of hydrogen-bond acceptors (Lipinski definition) is 5. The summed E-state index contributed by atoms with van der Waals surface area (Å²) < 4.78 is 0. The van der Waals surface area contributed by atoms with Crippen LogP contribution < -0.4 is 10.2 Å². The quantitative estimate of drug-likeness (QED) is 0.622. The van der Waals surface area contributed by atoms with Gasteiger partial charge in [-0.05, 0) is 55.8 Å². The minimum absolute atomic E-state index is 0.132. The van der Waals surface area contributed by atoms with Crippen LogP contribution in [0.3, 0.4) is 0 Å². The highest BCUT2D eigenvalue weighted by atomic mass is 16.1. The number of nitrogens with one attached hydrogen (secondary N) is 1. The molecule has 6 nitrogen and oxygen atoms in total. The molecule has 1 N–H and O–H groups in total. The van der Waals surface area contributed by atoms with Crippen LogP contribution in [-0.2, 0) is 0 Å². The van der Waals surface area contributed by atoms with E-state index in [0.717, 1.165) is 51.3 Å². The number of benzene rings is 2. The fourth-order valence-corrected chi connectivity index (χ4v) is 5.23. The molecule has 3 aromatic rings. The molecule has 2 aliphatic heterocycles. The average molecular weight is 456 g/mol. The molecule has 0 bridgehead atoms. The second-order valence-electron chi connectivity index (χ2n) is 9.37. The highest BCUT2D eigenvalue weighted by molar-refractivity contribution is 6.04. The molecule has 1 amide bonds. The Labute approximate surface area is 202 Å². The highest BCUT2D eigenvalue weighted by Gasteiger charge is 2.31. The first-order valence-corrected chi connectivity index (χ1v) is 12.2. The van der Waals surface area contributed by atoms with Crippen LogP contribution in [0, 0.1) is 0 Å². The molecule has 2 fully saturated rings. The van der Waals surface area contributed by atoms with Crippen LogP contribution in [0.4, 0.5) is 11.4 Å². The van der Waals surface area contributed by atoms with Crippen molar-refractivity contribution in [3.63, 3.8) is 0 Å². The van der Waals surface area contributed by atoms with Crippen LogP contribution in [0.5, 0.6) is 0 Å². The van der Waals surface area contributed by atoms with Gasteiger partial charge < -0.3 is 10.2 Å². The lowest BCUT2D eigenvalue weighted by Crippen LogP contribution is -2.53. The van der Waals surface area contributed by atoms with Gasteiger partial charge in [0.05, 0.1) is 5.56 Å². The first kappa shape index (κ1) is 22.6. The lowest BCUT2D eigenvalue weighted by Gasteiger charge is -2.46. The molecule has 3 heterocycles. The van der Waals surface area contributed by atoms with E-state index in [-0.39, 0.29) is 5.91 Å². The van der Waals surface area contributed by atoms with E-state index in [1.165, 1.54) is 11.3 Å². The zero-order valence-corrected chi connectivity index (χ0v) is 19.8. The van der Waals surface area contributed by atoms with E-state index >= 15 is 0 Å². The number of piperidine rings is 1. The summed E-state index contributed by atoms with van der Waals surface area (Å²) in [6, 6.07) is 23.7. The number of pyridine rings is 1. The van der Waals surface area contributed by atoms with Gasteiger partial charge in [0.15, 0.2) is 0 Å². The number of carbonyl (C=O) groups is 1. The Hall–Kier alpha value is -3.22. The summed E-state index contributed by atoms with van der Waals surface area (Å²) in [5, 5.41) is 3.00. The van der Waals surface area contributed by atoms with Crippen LogP contribution in [-0.4, -0.2) is 66.5 Å². The van der Waals surface area contributed by atoms with Crippen molar-refractivity contribution in [2.24, 2.45) is 0 Å². The first-order chi connectivity index (χ1) is 16.7. The van der Waals surface area contributed by atoms with E-state index in [9.17, 15) is 4.79 Å². The third kappa shape index (κ3) is 5.13. The second kappa shape index (κ2) is 10.4. The fourth-order valence-electron chi connectivity index (χ4n) is 5.23. The molecule has 0 aliphatic carbocycles. The number of aromatic nitrogens is 1. The summed E-state index contributed by atoms with van der Waals surface area (Å²) in [6.45, 7) is 5.42. The Morgan fingerprint density at radius 3 is 2.53 bits per heavy atom. The van der Waals surface area contributed by atoms with Crippen LogP contribution in [0.25, 0.3) is 0 Å². The third-order valence-electron chi connectivity index (χ3n) is 7.24. The van der Waals surface area contributed by atoms with Crippen molar-refractivity contribution < 1.29 is 4.79 Å². The highest BCUT2D eigenvalue weighted by Crippen LogP contribution is 2.29. The minimum Gasteiger partial charge on any atom is -0.371 e. The van der Waals surface area contributed by atoms with Gasteiger partial charge in [-0.15, -0.1) is 0 Å². The number of piperazine rings is 1. The molecule has 2 saturated heterocycles. The topological polar surface area (TPSA) is 51.7 Å². The minimum atomic E-state index is -0.132. The predicted octanol–water partition coefficient (Wildman–Crippen LogP) is 4.29. The van der Waals surface area contributed by atoms with Gasteiger partial charge in [0.2, 0.25) is 0 Å². The Bertz CT molecular complexity index is 1080. The summed E-state index contributed by atoms with van der Waals surface area (Å²) >= 11 is 0. The maximum Gasteiger partial charge on any atom is 0.257 e. The summed E-state index contributed by atoms with van der Waals surface area (Å²) in [5.74, 6) is -0.132. The largest absolute Gasteiger partial charge is 0.371 e. The molecule has 0 spiro atoms. The molecule has 1 aromatic heterocycles. The summed E-state index contributed by atoms with van der Waals surface area (Å²) in [5.41, 5.74) is 3.97. The molecular weight excluding hydrogens is 422 g/mol. The van der Waals surface area contributed by atoms with E-state index in [4.69, 9.17) is 0 Å². The number of anilines is 2. The van der Waals surface area contributed by atoms with Crippen molar-refractivity contribution in [1.29, 1.82) is 0 Å². The van der Waals surface area contributed by atoms with Gasteiger partial charge in [0.1, 0.15) is 0 Å². The van der Waals surface area contributed by atoms with Crippen molar-refractivity contribution in [1.82, 2.24) is 14.8 Å². The lowest BCUT2D eigenvalue weighted by atomic mass is 9.97. The van der Waals surface area contributed by atoms with E-state index < -0.39 is 0 Å². The molecule has 2 aromatic carbocycles. The van der Waals surface area contributed by atoms with Crippen molar-refractivity contribution in [3.8, 4) is 0 Å². The Morgan fingerprint density at radius 1 is 0.941 bits per heavy atom. The zero-order chi connectivity index (χ0) is 23.3. The smallest absolute Gasteiger partial charge is 0.257 e. The third-order valence-corrected chi connectivity index (χ3v) is 7.24. The van der Waals surface area contributed by atoms with Gasteiger partial charge in [-0.1, -0.05) is 36.4 Å². The molecule has 0 saturated carbocycles. The van der Waals surface area contributed by atoms with Gasteiger partial charge in [0, 0.05) is 68.6 Å². The molecule has 176 valence electrons. The van der Waals surface area contributed by atoms with Crippen molar-refractivity contribution in [2.75, 3.05) is 50.0 Å². The summed E-state index contributed by atoms with van der Waals surface area (Å²) in [4.78, 5) is 24.2. The van der Waals surface area contributed by atoms with Gasteiger partial charge in [0.25, 0.3) is 5.91 Å². The predicted molar refractivity (Wildman–Crippen MR) is 137 cm³/mol. The Morgan fingerprint density at radius 2 is 1.76 bits per heavy atom. The monoisotopic (exact) mass is 455 g/mol. The van der Waals surface area contributed by atoms with Crippen molar-refractivity contribution in [3.05, 3.63) is 90.3 Å². The number of hydrogen-bond donors (Lipinski definition) is 1. The second-order valence-corrected chi connectivity index (χ2v) is 9.37. The van der Waals surface area contributed by atoms with Crippen LogP contribution in [0.15, 0.2) is 79.1 Å². The van der Waals surface area contributed by atoms with Crippen LogP contribution in [0.2, 0.25) is 0 Å². The molecule has 5 rings (SSSR count). The van der Waals surface area contributed by atoms with E-state index in [1.807, 2.05) is 12.1 Å². The summed E-state index contributed by atoms with van der Waals surface area (Å²) in [7, 11) is 2.25. The van der Waals surface area contributed by atoms with Gasteiger partial charge >= 0.3 is 0 Å². The number of nitrogens with zero attached hydrogens (tertiary/aromatic N) is 4. The van der Waals surface area contributed by atoms with Gasteiger partial charge in [-0.2, -0.15) is 0 Å². The van der Waals surface area contributed by atoms with Gasteiger partial charge in [-0.3, -0.25) is 19.6 Å². The van der Waals surface area contributed by atoms with Crippen molar-refractivity contribution >= 4 is 17.3 Å². The number of rotatable bonds is 5. The standard InChI is InChI=1S/C28H33N5O/c1-31-17-18-33(21-27(31)22-7-3-2-4-8-22)25-12-15-32(16-13-25)26-11-5-10-24(19-26)30-28(34)23-9-6-14-29-20-23/h2-11,14,19-20,25,27H,12-13,15-18,21H2,1H3,(H,30,34). The number of carbonyl (C=O) groups excluding carboxylic acids is 1. The molecule has 6 heteroatoms. The maximum atomic E-state index is 12.5. The molecule has 34 heavy (non-hydrogen) atoms. The average Bonchev–Trinajstić information content (AvgIpc) is 2.90. The van der Waals surface area contributed by atoms with Crippen LogP contribution in [0.1, 0.15) is 34.8 Å². The number of amides is 1. The van der Waals surface area contributed by atoms with E-state index in [2.05, 4.69) is 74.5 Å². The maximum absolute atomic E-state index is 12.5. The molecule has 1 unspecified atom stereocenters. The molecule has 1 atom stereocenters. The number of likely N-dealkylation sites (N-methyl/N-ethyl adjacent to an activating group) is 1. The Kier molecular flexibility index (Phi) is 6.88. The lowest BCUT2D eigenvalue weighted by molar-refractivity contribution is 0.0551. The van der Waals surface area contributed by atoms with E-state index in [1.54, 1.807) is 24.5 Å². The zero-order valence-electron chi connectivity index (χ0n) is 19.8. The first-order valence-electron chi connectivity index (χ1n) is 12.2. The van der Waals surface area contributed by atoms with Gasteiger partial charge in [-0.25, -0.2) is 0 Å². The van der Waals surface area contributed by atoms with Crippen molar-refractivity contribution in [2.45, 2.75) is 24.9 Å². The molecule has 2 aliphatic rings. The SMILES string of the molecule is CN1CCN(C2CCN(c3cccc(NC(=O)c4cccnc4)c3)CC2)CC1c1ccccc1. The Balaban J connectivity index is 1.18. The summed E-state index contributed by atoms with van der Waals surface area (Å²) in [6.07, 6.45) is 5.59. The molecular formula is C28H33N5O. The fraction of sp³-hybridized carbons (Fsp3) is 0.357. The molecule has 0 radical (unpaired) electrons. The normalized spacial score (nSPS) is 20.3. The van der Waals surface area contributed by atoms with Crippen LogP contribution >= 0.6 is 0 Å². The van der Waals surface area contributed by atoms with E-state index in [0.29, 0.717) is 17.6 Å².